The molecular weight excluding hydrogens is 366 g/mol. The van der Waals surface area contributed by atoms with Crippen molar-refractivity contribution in [3.63, 3.8) is 0 Å². The number of piperidine rings is 1. The van der Waals surface area contributed by atoms with E-state index in [1.165, 1.54) is 39.5 Å². The first-order valence-electron chi connectivity index (χ1n) is 8.95. The van der Waals surface area contributed by atoms with Crippen LogP contribution in [0.25, 0.3) is 0 Å². The zero-order valence-corrected chi connectivity index (χ0v) is 16.5. The number of aromatic nitrogens is 1. The number of rotatable bonds is 7. The number of nitrogens with one attached hydrogen (secondary N) is 1. The molecule has 146 valence electrons. The van der Waals surface area contributed by atoms with Crippen molar-refractivity contribution in [2.45, 2.75) is 30.7 Å². The Bertz CT molecular complexity index is 863. The Kier molecular flexibility index (Phi) is 6.18. The highest BCUT2D eigenvalue weighted by molar-refractivity contribution is 7.89. The lowest BCUT2D eigenvalue weighted by molar-refractivity contribution is 0.392. The Morgan fingerprint density at radius 1 is 1.07 bits per heavy atom. The van der Waals surface area contributed by atoms with Crippen LogP contribution in [0.4, 0.5) is 5.82 Å². The van der Waals surface area contributed by atoms with Crippen molar-refractivity contribution in [2.75, 3.05) is 32.2 Å². The van der Waals surface area contributed by atoms with Crippen LogP contribution in [0.3, 0.4) is 0 Å². The standard InChI is InChI=1S/C19H25N3O4S/c1-25-16-7-8-17(26-2)18(12-16)27(23,24)21-14-15-6-9-19(20-13-15)22-10-4-3-5-11-22/h6-9,12-13,21H,3-5,10-11,14H2,1-2H3. The van der Waals surface area contributed by atoms with Crippen LogP contribution >= 0.6 is 0 Å². The minimum atomic E-state index is -3.76. The van der Waals surface area contributed by atoms with E-state index in [0.717, 1.165) is 24.5 Å². The van der Waals surface area contributed by atoms with Gasteiger partial charge in [0, 0.05) is 31.9 Å². The van der Waals surface area contributed by atoms with Crippen LogP contribution < -0.4 is 19.1 Å². The molecule has 0 aliphatic carbocycles. The van der Waals surface area contributed by atoms with E-state index in [1.54, 1.807) is 18.3 Å². The number of hydrogen-bond acceptors (Lipinski definition) is 6. The Labute approximate surface area is 160 Å². The lowest BCUT2D eigenvalue weighted by Crippen LogP contribution is -2.30. The van der Waals surface area contributed by atoms with Crippen molar-refractivity contribution in [1.29, 1.82) is 0 Å². The molecule has 1 N–H and O–H groups in total. The number of sulfonamides is 1. The fraction of sp³-hybridized carbons (Fsp3) is 0.421. The zero-order valence-electron chi connectivity index (χ0n) is 15.6. The molecule has 0 amide bonds. The molecule has 1 aliphatic rings. The third-order valence-electron chi connectivity index (χ3n) is 4.62. The van der Waals surface area contributed by atoms with Gasteiger partial charge in [-0.05, 0) is 43.0 Å². The van der Waals surface area contributed by atoms with E-state index in [1.807, 2.05) is 12.1 Å². The van der Waals surface area contributed by atoms with Crippen LogP contribution in [0.15, 0.2) is 41.4 Å². The molecule has 1 saturated heterocycles. The first-order valence-corrected chi connectivity index (χ1v) is 10.4. The van der Waals surface area contributed by atoms with Gasteiger partial charge < -0.3 is 14.4 Å². The summed E-state index contributed by atoms with van der Waals surface area (Å²) in [6, 6.07) is 8.52. The quantitative estimate of drug-likeness (QED) is 0.781. The van der Waals surface area contributed by atoms with Crippen molar-refractivity contribution in [3.8, 4) is 11.5 Å². The summed E-state index contributed by atoms with van der Waals surface area (Å²) in [4.78, 5) is 6.79. The topological polar surface area (TPSA) is 80.8 Å². The molecular formula is C19H25N3O4S. The highest BCUT2D eigenvalue weighted by atomic mass is 32.2. The number of benzene rings is 1. The molecule has 0 unspecified atom stereocenters. The van der Waals surface area contributed by atoms with E-state index in [4.69, 9.17) is 9.47 Å². The van der Waals surface area contributed by atoms with E-state index in [9.17, 15) is 8.42 Å². The SMILES string of the molecule is COc1ccc(OC)c(S(=O)(=O)NCc2ccc(N3CCCCC3)nc2)c1. The largest absolute Gasteiger partial charge is 0.497 e. The molecule has 3 rings (SSSR count). The van der Waals surface area contributed by atoms with Crippen LogP contribution in [0.5, 0.6) is 11.5 Å². The summed E-state index contributed by atoms with van der Waals surface area (Å²) in [7, 11) is -0.836. The van der Waals surface area contributed by atoms with Crippen LogP contribution in [-0.2, 0) is 16.6 Å². The monoisotopic (exact) mass is 391 g/mol. The minimum absolute atomic E-state index is 0.0437. The predicted octanol–water partition coefficient (Wildman–Crippen LogP) is 2.57. The van der Waals surface area contributed by atoms with E-state index < -0.39 is 10.0 Å². The summed E-state index contributed by atoms with van der Waals surface area (Å²) < 4.78 is 38.3. The molecule has 2 aromatic rings. The average molecular weight is 391 g/mol. The van der Waals surface area contributed by atoms with Crippen molar-refractivity contribution in [2.24, 2.45) is 0 Å². The summed E-state index contributed by atoms with van der Waals surface area (Å²) in [5.74, 6) is 1.65. The van der Waals surface area contributed by atoms with Gasteiger partial charge in [-0.3, -0.25) is 0 Å². The molecule has 27 heavy (non-hydrogen) atoms. The van der Waals surface area contributed by atoms with Gasteiger partial charge in [-0.25, -0.2) is 18.1 Å². The second kappa shape index (κ2) is 8.58. The van der Waals surface area contributed by atoms with Gasteiger partial charge in [0.25, 0.3) is 0 Å². The fourth-order valence-corrected chi connectivity index (χ4v) is 4.28. The van der Waals surface area contributed by atoms with E-state index in [0.29, 0.717) is 5.75 Å². The summed E-state index contributed by atoms with van der Waals surface area (Å²) in [6.45, 7) is 2.19. The van der Waals surface area contributed by atoms with Gasteiger partial charge in [-0.2, -0.15) is 0 Å². The maximum Gasteiger partial charge on any atom is 0.244 e. The molecule has 7 nitrogen and oxygen atoms in total. The number of nitrogens with zero attached hydrogens (tertiary/aromatic N) is 2. The Balaban J connectivity index is 1.70. The van der Waals surface area contributed by atoms with Crippen molar-refractivity contribution >= 4 is 15.8 Å². The molecule has 1 fully saturated rings. The first kappa shape index (κ1) is 19.4. The van der Waals surface area contributed by atoms with Gasteiger partial charge in [-0.15, -0.1) is 0 Å². The van der Waals surface area contributed by atoms with E-state index in [2.05, 4.69) is 14.6 Å². The van der Waals surface area contributed by atoms with Gasteiger partial charge in [-0.1, -0.05) is 6.07 Å². The summed E-state index contributed by atoms with van der Waals surface area (Å²) in [5, 5.41) is 0. The van der Waals surface area contributed by atoms with Gasteiger partial charge in [0.15, 0.2) is 0 Å². The Hall–Kier alpha value is -2.32. The summed E-state index contributed by atoms with van der Waals surface area (Å²) in [6.07, 6.45) is 5.36. The molecule has 1 aliphatic heterocycles. The molecule has 0 saturated carbocycles. The van der Waals surface area contributed by atoms with Crippen LogP contribution in [0.1, 0.15) is 24.8 Å². The summed E-state index contributed by atoms with van der Waals surface area (Å²) >= 11 is 0. The molecule has 1 aromatic carbocycles. The lowest BCUT2D eigenvalue weighted by atomic mass is 10.1. The van der Waals surface area contributed by atoms with Crippen molar-refractivity contribution < 1.29 is 17.9 Å². The highest BCUT2D eigenvalue weighted by Gasteiger charge is 2.20. The number of methoxy groups -OCH3 is 2. The summed E-state index contributed by atoms with van der Waals surface area (Å²) in [5.41, 5.74) is 0.793. The van der Waals surface area contributed by atoms with Gasteiger partial charge in [0.2, 0.25) is 10.0 Å². The maximum atomic E-state index is 12.7. The molecule has 1 aromatic heterocycles. The van der Waals surface area contributed by atoms with Crippen LogP contribution in [0, 0.1) is 0 Å². The Morgan fingerprint density at radius 3 is 2.48 bits per heavy atom. The van der Waals surface area contributed by atoms with Crippen molar-refractivity contribution in [1.82, 2.24) is 9.71 Å². The number of ether oxygens (including phenoxy) is 2. The number of pyridine rings is 1. The molecule has 0 spiro atoms. The lowest BCUT2D eigenvalue weighted by Gasteiger charge is -2.27. The fourth-order valence-electron chi connectivity index (χ4n) is 3.08. The van der Waals surface area contributed by atoms with Crippen LogP contribution in [0.2, 0.25) is 0 Å². The molecule has 8 heteroatoms. The normalized spacial score (nSPS) is 14.8. The Morgan fingerprint density at radius 2 is 1.85 bits per heavy atom. The predicted molar refractivity (Wildman–Crippen MR) is 104 cm³/mol. The number of hydrogen-bond donors (Lipinski definition) is 1. The third kappa shape index (κ3) is 4.70. The molecule has 0 atom stereocenters. The van der Waals surface area contributed by atoms with Crippen molar-refractivity contribution in [3.05, 3.63) is 42.1 Å². The van der Waals surface area contributed by atoms with E-state index >= 15 is 0 Å². The van der Waals surface area contributed by atoms with Gasteiger partial charge in [0.05, 0.1) is 14.2 Å². The van der Waals surface area contributed by atoms with E-state index in [-0.39, 0.29) is 17.2 Å². The van der Waals surface area contributed by atoms with Gasteiger partial charge >= 0.3 is 0 Å². The van der Waals surface area contributed by atoms with Crippen LogP contribution in [-0.4, -0.2) is 40.7 Å². The first-order chi connectivity index (χ1) is 13.0. The maximum absolute atomic E-state index is 12.7. The van der Waals surface area contributed by atoms with Gasteiger partial charge in [0.1, 0.15) is 22.2 Å². The second-order valence-electron chi connectivity index (χ2n) is 6.41. The average Bonchev–Trinajstić information content (AvgIpc) is 2.73. The third-order valence-corrected chi connectivity index (χ3v) is 6.04. The number of anilines is 1. The highest BCUT2D eigenvalue weighted by Crippen LogP contribution is 2.28. The zero-order chi connectivity index (χ0) is 19.3. The molecule has 0 bridgehead atoms. The second-order valence-corrected chi connectivity index (χ2v) is 8.15. The molecule has 0 radical (unpaired) electrons. The smallest absolute Gasteiger partial charge is 0.244 e. The molecule has 2 heterocycles. The minimum Gasteiger partial charge on any atom is -0.497 e.